The minimum absolute atomic E-state index is 0.0519. The first-order valence-corrected chi connectivity index (χ1v) is 5.60. The molecule has 0 fully saturated rings. The van der Waals surface area contributed by atoms with E-state index in [0.29, 0.717) is 5.16 Å². The molecule has 0 saturated carbocycles. The van der Waals surface area contributed by atoms with E-state index in [0.717, 1.165) is 12.4 Å². The highest BCUT2D eigenvalue weighted by Gasteiger charge is 2.13. The van der Waals surface area contributed by atoms with Gasteiger partial charge in [0.25, 0.3) is 0 Å². The largest absolute Gasteiger partial charge is 0.469 e. The molecule has 1 rings (SSSR count). The topological polar surface area (TPSA) is 95.2 Å². The van der Waals surface area contributed by atoms with Gasteiger partial charge in [0.15, 0.2) is 5.16 Å². The lowest BCUT2D eigenvalue weighted by atomic mass is 10.3. The van der Waals surface area contributed by atoms with E-state index in [9.17, 15) is 14.9 Å². The summed E-state index contributed by atoms with van der Waals surface area (Å²) >= 11 is 1.26. The van der Waals surface area contributed by atoms with Crippen LogP contribution in [0.1, 0.15) is 13.3 Å². The summed E-state index contributed by atoms with van der Waals surface area (Å²) in [5, 5.41) is 10.7. The van der Waals surface area contributed by atoms with Crippen LogP contribution in [-0.4, -0.2) is 33.2 Å². The van der Waals surface area contributed by atoms with E-state index in [1.807, 2.05) is 6.92 Å². The highest BCUT2D eigenvalue weighted by molar-refractivity contribution is 7.99. The molecule has 1 heterocycles. The van der Waals surface area contributed by atoms with Crippen molar-refractivity contribution < 1.29 is 14.5 Å². The molecular formula is C9H11N3O4S. The predicted molar refractivity (Wildman–Crippen MR) is 60.6 cm³/mol. The Morgan fingerprint density at radius 1 is 1.59 bits per heavy atom. The molecule has 8 heteroatoms. The highest BCUT2D eigenvalue weighted by Crippen LogP contribution is 2.22. The fourth-order valence-electron chi connectivity index (χ4n) is 1.00. The first-order chi connectivity index (χ1) is 8.02. The van der Waals surface area contributed by atoms with Crippen molar-refractivity contribution in [1.82, 2.24) is 9.97 Å². The van der Waals surface area contributed by atoms with Crippen LogP contribution in [0.3, 0.4) is 0 Å². The average molecular weight is 257 g/mol. The number of rotatable bonds is 5. The van der Waals surface area contributed by atoms with Crippen LogP contribution in [0.2, 0.25) is 0 Å². The number of methoxy groups -OCH3 is 1. The second-order valence-corrected chi connectivity index (χ2v) is 4.60. The van der Waals surface area contributed by atoms with E-state index in [-0.39, 0.29) is 23.3 Å². The van der Waals surface area contributed by atoms with Crippen molar-refractivity contribution in [2.45, 2.75) is 23.8 Å². The zero-order valence-corrected chi connectivity index (χ0v) is 10.1. The lowest BCUT2D eigenvalue weighted by Gasteiger charge is -2.07. The zero-order chi connectivity index (χ0) is 12.8. The van der Waals surface area contributed by atoms with Crippen molar-refractivity contribution in [3.63, 3.8) is 0 Å². The molecule has 0 N–H and O–H groups in total. The Morgan fingerprint density at radius 2 is 2.18 bits per heavy atom. The molecule has 17 heavy (non-hydrogen) atoms. The summed E-state index contributed by atoms with van der Waals surface area (Å²) in [6.45, 7) is 1.83. The average Bonchev–Trinajstić information content (AvgIpc) is 2.29. The maximum atomic E-state index is 11.0. The van der Waals surface area contributed by atoms with E-state index in [1.165, 1.54) is 18.9 Å². The fourth-order valence-corrected chi connectivity index (χ4v) is 1.81. The maximum Gasteiger partial charge on any atom is 0.306 e. The normalized spacial score (nSPS) is 11.9. The smallest absolute Gasteiger partial charge is 0.306 e. The second-order valence-electron chi connectivity index (χ2n) is 3.19. The Hall–Kier alpha value is -1.70. The van der Waals surface area contributed by atoms with Crippen LogP contribution >= 0.6 is 11.8 Å². The third kappa shape index (κ3) is 4.35. The van der Waals surface area contributed by atoms with Gasteiger partial charge in [-0.1, -0.05) is 18.7 Å². The molecular weight excluding hydrogens is 246 g/mol. The first kappa shape index (κ1) is 13.4. The van der Waals surface area contributed by atoms with Crippen LogP contribution in [0.25, 0.3) is 0 Å². The summed E-state index contributed by atoms with van der Waals surface area (Å²) in [7, 11) is 1.32. The molecule has 0 aliphatic carbocycles. The minimum Gasteiger partial charge on any atom is -0.469 e. The number of carbonyl (C=O) groups is 1. The summed E-state index contributed by atoms with van der Waals surface area (Å²) in [5.41, 5.74) is -0.157. The number of thioether (sulfide) groups is 1. The van der Waals surface area contributed by atoms with Crippen LogP contribution < -0.4 is 0 Å². The molecule has 0 aliphatic rings. The Balaban J connectivity index is 2.57. The highest BCUT2D eigenvalue weighted by atomic mass is 32.2. The van der Waals surface area contributed by atoms with Crippen molar-refractivity contribution in [3.05, 3.63) is 22.5 Å². The zero-order valence-electron chi connectivity index (χ0n) is 9.32. The third-order valence-corrected chi connectivity index (χ3v) is 2.80. The lowest BCUT2D eigenvalue weighted by molar-refractivity contribution is -0.385. The van der Waals surface area contributed by atoms with Gasteiger partial charge in [0.05, 0.1) is 18.5 Å². The molecule has 1 aromatic heterocycles. The fraction of sp³-hybridized carbons (Fsp3) is 0.444. The summed E-state index contributed by atoms with van der Waals surface area (Å²) in [6, 6.07) is 0. The molecule has 0 spiro atoms. The molecule has 1 aromatic rings. The number of hydrogen-bond acceptors (Lipinski definition) is 7. The molecule has 1 atom stereocenters. The number of aromatic nitrogens is 2. The number of hydrogen-bond donors (Lipinski definition) is 0. The summed E-state index contributed by atoms with van der Waals surface area (Å²) in [5.74, 6) is -0.313. The SMILES string of the molecule is COC(=O)CC(C)Sc1ncc([N+](=O)[O-])cn1. The van der Waals surface area contributed by atoms with E-state index < -0.39 is 4.92 Å². The molecule has 0 saturated heterocycles. The van der Waals surface area contributed by atoms with Gasteiger partial charge in [0.2, 0.25) is 0 Å². The Morgan fingerprint density at radius 3 is 2.65 bits per heavy atom. The van der Waals surface area contributed by atoms with Crippen molar-refractivity contribution in [3.8, 4) is 0 Å². The third-order valence-electron chi connectivity index (χ3n) is 1.81. The van der Waals surface area contributed by atoms with Crippen molar-refractivity contribution in [2.24, 2.45) is 0 Å². The van der Waals surface area contributed by atoms with Gasteiger partial charge in [-0.2, -0.15) is 0 Å². The molecule has 0 aliphatic heterocycles. The van der Waals surface area contributed by atoms with Crippen LogP contribution in [-0.2, 0) is 9.53 Å². The van der Waals surface area contributed by atoms with Crippen LogP contribution in [0, 0.1) is 10.1 Å². The molecule has 0 amide bonds. The summed E-state index contributed by atoms with van der Waals surface area (Å²) in [4.78, 5) is 28.5. The minimum atomic E-state index is -0.563. The molecule has 92 valence electrons. The molecule has 1 unspecified atom stereocenters. The Kier molecular flexibility index (Phi) is 4.83. The number of ether oxygens (including phenoxy) is 1. The number of esters is 1. The van der Waals surface area contributed by atoms with Crippen molar-refractivity contribution in [2.75, 3.05) is 7.11 Å². The number of carbonyl (C=O) groups excluding carboxylic acids is 1. The lowest BCUT2D eigenvalue weighted by Crippen LogP contribution is -2.09. The van der Waals surface area contributed by atoms with Gasteiger partial charge in [0.1, 0.15) is 12.4 Å². The molecule has 7 nitrogen and oxygen atoms in total. The van der Waals surface area contributed by atoms with Gasteiger partial charge in [-0.3, -0.25) is 14.9 Å². The summed E-state index contributed by atoms with van der Waals surface area (Å²) < 4.78 is 4.53. The van der Waals surface area contributed by atoms with Gasteiger partial charge in [-0.15, -0.1) is 0 Å². The van der Waals surface area contributed by atoms with Crippen LogP contribution in [0.4, 0.5) is 5.69 Å². The summed E-state index contributed by atoms with van der Waals surface area (Å²) in [6.07, 6.45) is 2.52. The van der Waals surface area contributed by atoms with E-state index in [4.69, 9.17) is 0 Å². The van der Waals surface area contributed by atoms with Gasteiger partial charge < -0.3 is 4.74 Å². The molecule has 0 bridgehead atoms. The van der Waals surface area contributed by atoms with Gasteiger partial charge in [0, 0.05) is 5.25 Å². The Labute approximate surface area is 102 Å². The van der Waals surface area contributed by atoms with E-state index in [2.05, 4.69) is 14.7 Å². The quantitative estimate of drug-likeness (QED) is 0.259. The monoisotopic (exact) mass is 257 g/mol. The van der Waals surface area contributed by atoms with Gasteiger partial charge in [-0.05, 0) is 0 Å². The molecule has 0 radical (unpaired) electrons. The Bertz CT molecular complexity index is 409. The molecule has 0 aromatic carbocycles. The van der Waals surface area contributed by atoms with Gasteiger partial charge in [-0.25, -0.2) is 9.97 Å². The second kappa shape index (κ2) is 6.14. The van der Waals surface area contributed by atoms with Crippen LogP contribution in [0.5, 0.6) is 0 Å². The van der Waals surface area contributed by atoms with E-state index in [1.54, 1.807) is 0 Å². The first-order valence-electron chi connectivity index (χ1n) is 4.73. The van der Waals surface area contributed by atoms with Crippen LogP contribution in [0.15, 0.2) is 17.6 Å². The standard InChI is InChI=1S/C9H11N3O4S/c1-6(3-8(13)16-2)17-9-10-4-7(5-11-9)12(14)15/h4-6H,3H2,1-2H3. The number of nitrogens with zero attached hydrogens (tertiary/aromatic N) is 3. The van der Waals surface area contributed by atoms with Crippen molar-refractivity contribution >= 4 is 23.4 Å². The van der Waals surface area contributed by atoms with E-state index >= 15 is 0 Å². The van der Waals surface area contributed by atoms with Crippen molar-refractivity contribution in [1.29, 1.82) is 0 Å². The maximum absolute atomic E-state index is 11.0. The predicted octanol–water partition coefficient (Wildman–Crippen LogP) is 1.43. The van der Waals surface area contributed by atoms with Gasteiger partial charge >= 0.3 is 11.7 Å². The number of nitro groups is 1.